The number of aromatic nitrogens is 2. The second kappa shape index (κ2) is 5.59. The molecule has 20 heavy (non-hydrogen) atoms. The summed E-state index contributed by atoms with van der Waals surface area (Å²) < 4.78 is 0. The fourth-order valence-electron chi connectivity index (χ4n) is 1.99. The predicted molar refractivity (Wildman–Crippen MR) is 66.6 cm³/mol. The maximum atomic E-state index is 12.3. The zero-order valence-electron chi connectivity index (χ0n) is 10.9. The number of carbonyl (C=O) groups excluding carboxylic acids is 2. The number of piperazine rings is 1. The number of H-pyrrole nitrogens is 1. The molecule has 0 bridgehead atoms. The van der Waals surface area contributed by atoms with E-state index in [1.54, 1.807) is 19.4 Å². The van der Waals surface area contributed by atoms with Gasteiger partial charge in [-0.05, 0) is 0 Å². The number of aliphatic carboxylic acids is 1. The van der Waals surface area contributed by atoms with E-state index in [1.807, 2.05) is 0 Å². The highest BCUT2D eigenvalue weighted by Crippen LogP contribution is 2.10. The largest absolute Gasteiger partial charge is 0.480 e. The quantitative estimate of drug-likeness (QED) is 0.646. The second-order valence-corrected chi connectivity index (χ2v) is 4.53. The number of hydrogen-bond acceptors (Lipinski definition) is 4. The van der Waals surface area contributed by atoms with Crippen molar-refractivity contribution in [2.24, 2.45) is 0 Å². The molecule has 1 aromatic rings. The number of carboxylic acids is 1. The van der Waals surface area contributed by atoms with E-state index in [-0.39, 0.29) is 25.5 Å². The van der Waals surface area contributed by atoms with Crippen molar-refractivity contribution in [2.45, 2.75) is 12.6 Å². The van der Waals surface area contributed by atoms with E-state index in [1.165, 1.54) is 4.90 Å². The van der Waals surface area contributed by atoms with Gasteiger partial charge in [0.05, 0.1) is 12.7 Å². The molecule has 1 aliphatic rings. The Bertz CT molecular complexity index is 515. The number of amides is 3. The normalized spacial score (nSPS) is 18.6. The van der Waals surface area contributed by atoms with Gasteiger partial charge in [-0.2, -0.15) is 5.10 Å². The van der Waals surface area contributed by atoms with E-state index in [2.05, 4.69) is 15.5 Å². The molecule has 0 aliphatic carbocycles. The number of carbonyl (C=O) groups is 3. The van der Waals surface area contributed by atoms with E-state index in [4.69, 9.17) is 5.11 Å². The van der Waals surface area contributed by atoms with Crippen LogP contribution in [0.4, 0.5) is 4.79 Å². The SMILES string of the molecule is CN(Cc1cn[nH]c1)C(=O)N1CC(=O)NCC1C(=O)O. The highest BCUT2D eigenvalue weighted by Gasteiger charge is 2.36. The molecular formula is C11H15N5O4. The lowest BCUT2D eigenvalue weighted by Gasteiger charge is -2.35. The van der Waals surface area contributed by atoms with Crippen LogP contribution in [0.25, 0.3) is 0 Å². The van der Waals surface area contributed by atoms with Crippen molar-refractivity contribution in [3.63, 3.8) is 0 Å². The van der Waals surface area contributed by atoms with E-state index in [0.717, 1.165) is 10.5 Å². The Kier molecular flexibility index (Phi) is 3.87. The zero-order chi connectivity index (χ0) is 14.7. The fourth-order valence-corrected chi connectivity index (χ4v) is 1.99. The van der Waals surface area contributed by atoms with Crippen LogP contribution in [0.5, 0.6) is 0 Å². The molecule has 1 fully saturated rings. The summed E-state index contributed by atoms with van der Waals surface area (Å²) in [6, 6.07) is -1.56. The number of nitrogens with one attached hydrogen (secondary N) is 2. The third kappa shape index (κ3) is 2.87. The van der Waals surface area contributed by atoms with Crippen LogP contribution in [0, 0.1) is 0 Å². The molecule has 1 saturated heterocycles. The highest BCUT2D eigenvalue weighted by atomic mass is 16.4. The Morgan fingerprint density at radius 2 is 2.35 bits per heavy atom. The van der Waals surface area contributed by atoms with Crippen LogP contribution in [0.1, 0.15) is 5.56 Å². The van der Waals surface area contributed by atoms with Crippen molar-refractivity contribution in [1.82, 2.24) is 25.3 Å². The molecule has 0 radical (unpaired) electrons. The summed E-state index contributed by atoms with van der Waals surface area (Å²) in [7, 11) is 1.54. The van der Waals surface area contributed by atoms with Gasteiger partial charge in [0.15, 0.2) is 0 Å². The fraction of sp³-hybridized carbons (Fsp3) is 0.455. The van der Waals surface area contributed by atoms with Gasteiger partial charge in [-0.25, -0.2) is 9.59 Å². The van der Waals surface area contributed by atoms with Crippen molar-refractivity contribution in [1.29, 1.82) is 0 Å². The Morgan fingerprint density at radius 1 is 1.60 bits per heavy atom. The summed E-state index contributed by atoms with van der Waals surface area (Å²) in [6.45, 7) is -0.0647. The van der Waals surface area contributed by atoms with Gasteiger partial charge in [0.2, 0.25) is 5.91 Å². The second-order valence-electron chi connectivity index (χ2n) is 4.53. The van der Waals surface area contributed by atoms with Gasteiger partial charge in [-0.1, -0.05) is 0 Å². The topological polar surface area (TPSA) is 119 Å². The Hall–Kier alpha value is -2.58. The lowest BCUT2D eigenvalue weighted by molar-refractivity contribution is -0.144. The minimum atomic E-state index is -1.14. The minimum Gasteiger partial charge on any atom is -0.480 e. The average molecular weight is 281 g/mol. The molecule has 108 valence electrons. The molecule has 9 nitrogen and oxygen atoms in total. The monoisotopic (exact) mass is 281 g/mol. The number of aromatic amines is 1. The van der Waals surface area contributed by atoms with Gasteiger partial charge in [0.1, 0.15) is 12.6 Å². The van der Waals surface area contributed by atoms with Gasteiger partial charge >= 0.3 is 12.0 Å². The van der Waals surface area contributed by atoms with Gasteiger partial charge in [-0.15, -0.1) is 0 Å². The molecule has 1 atom stereocenters. The van der Waals surface area contributed by atoms with Gasteiger partial charge < -0.3 is 15.3 Å². The smallest absolute Gasteiger partial charge is 0.328 e. The lowest BCUT2D eigenvalue weighted by atomic mass is 10.2. The molecule has 9 heteroatoms. The summed E-state index contributed by atoms with van der Waals surface area (Å²) >= 11 is 0. The van der Waals surface area contributed by atoms with Crippen molar-refractivity contribution < 1.29 is 19.5 Å². The van der Waals surface area contributed by atoms with E-state index >= 15 is 0 Å². The van der Waals surface area contributed by atoms with Crippen molar-refractivity contribution in [3.05, 3.63) is 18.0 Å². The van der Waals surface area contributed by atoms with Crippen LogP contribution in [-0.2, 0) is 16.1 Å². The van der Waals surface area contributed by atoms with Crippen molar-refractivity contribution in [2.75, 3.05) is 20.1 Å². The molecular weight excluding hydrogens is 266 g/mol. The van der Waals surface area contributed by atoms with Crippen LogP contribution in [0.3, 0.4) is 0 Å². The van der Waals surface area contributed by atoms with E-state index in [9.17, 15) is 14.4 Å². The van der Waals surface area contributed by atoms with Gasteiger partial charge in [0, 0.05) is 25.4 Å². The highest BCUT2D eigenvalue weighted by molar-refractivity contribution is 5.90. The first-order chi connectivity index (χ1) is 9.49. The standard InChI is InChI=1S/C11H15N5O4/c1-15(5-7-2-13-14-3-7)11(20)16-6-9(17)12-4-8(16)10(18)19/h2-3,8H,4-6H2,1H3,(H,12,17)(H,13,14)(H,18,19). The molecule has 1 aliphatic heterocycles. The molecule has 0 saturated carbocycles. The summed E-state index contributed by atoms with van der Waals surface area (Å²) in [5.74, 6) is -1.51. The third-order valence-corrected chi connectivity index (χ3v) is 3.01. The molecule has 1 aromatic heterocycles. The Balaban J connectivity index is 2.08. The molecule has 0 spiro atoms. The summed E-state index contributed by atoms with van der Waals surface area (Å²) in [5.41, 5.74) is 0.786. The van der Waals surface area contributed by atoms with Crippen LogP contribution in [0.15, 0.2) is 12.4 Å². The maximum absolute atomic E-state index is 12.3. The lowest BCUT2D eigenvalue weighted by Crippen LogP contribution is -2.61. The van der Waals surface area contributed by atoms with Gasteiger partial charge in [-0.3, -0.25) is 14.8 Å². The number of nitrogens with zero attached hydrogens (tertiary/aromatic N) is 3. The van der Waals surface area contributed by atoms with Crippen LogP contribution in [0.2, 0.25) is 0 Å². The van der Waals surface area contributed by atoms with Crippen LogP contribution in [-0.4, -0.2) is 69.2 Å². The van der Waals surface area contributed by atoms with Crippen molar-refractivity contribution in [3.8, 4) is 0 Å². The zero-order valence-corrected chi connectivity index (χ0v) is 10.9. The van der Waals surface area contributed by atoms with Crippen LogP contribution >= 0.6 is 0 Å². The number of hydrogen-bond donors (Lipinski definition) is 3. The predicted octanol–water partition coefficient (Wildman–Crippen LogP) is -1.15. The first-order valence-electron chi connectivity index (χ1n) is 5.98. The molecule has 3 N–H and O–H groups in total. The third-order valence-electron chi connectivity index (χ3n) is 3.01. The Labute approximate surface area is 114 Å². The minimum absolute atomic E-state index is 0.0839. The summed E-state index contributed by atoms with van der Waals surface area (Å²) in [4.78, 5) is 37.2. The van der Waals surface area contributed by atoms with E-state index in [0.29, 0.717) is 0 Å². The first-order valence-corrected chi connectivity index (χ1v) is 5.98. The molecule has 1 unspecified atom stereocenters. The number of rotatable bonds is 3. The van der Waals surface area contributed by atoms with Crippen molar-refractivity contribution >= 4 is 17.9 Å². The Morgan fingerprint density at radius 3 is 2.95 bits per heavy atom. The number of carboxylic acid groups (broad SMARTS) is 1. The molecule has 2 rings (SSSR count). The average Bonchev–Trinajstić information content (AvgIpc) is 2.90. The molecule has 3 amide bonds. The van der Waals surface area contributed by atoms with Gasteiger partial charge in [0.25, 0.3) is 0 Å². The summed E-state index contributed by atoms with van der Waals surface area (Å²) in [5, 5.41) is 17.9. The van der Waals surface area contributed by atoms with E-state index < -0.39 is 18.0 Å². The molecule has 0 aromatic carbocycles. The first kappa shape index (κ1) is 13.8. The number of urea groups is 1. The summed E-state index contributed by atoms with van der Waals surface area (Å²) in [6.07, 6.45) is 3.21. The molecule has 2 heterocycles. The van der Waals surface area contributed by atoms with Crippen LogP contribution < -0.4 is 5.32 Å². The maximum Gasteiger partial charge on any atom is 0.328 e.